The summed E-state index contributed by atoms with van der Waals surface area (Å²) in [7, 11) is 0. The van der Waals surface area contributed by atoms with E-state index in [4.69, 9.17) is 11.6 Å². The predicted octanol–water partition coefficient (Wildman–Crippen LogP) is 5.89. The van der Waals surface area contributed by atoms with Crippen LogP contribution in [0, 0.1) is 0 Å². The molecule has 1 atom stereocenters. The molecule has 196 valence electrons. The Kier molecular flexibility index (Phi) is 8.46. The predicted molar refractivity (Wildman–Crippen MR) is 153 cm³/mol. The molecule has 4 aromatic rings. The average molecular weight is 566 g/mol. The van der Waals surface area contributed by atoms with Crippen molar-refractivity contribution in [3.05, 3.63) is 82.0 Å². The number of carbonyl (C=O) groups is 2. The van der Waals surface area contributed by atoms with Gasteiger partial charge in [0, 0.05) is 54.1 Å². The first kappa shape index (κ1) is 26.5. The number of hydrogen-bond donors (Lipinski definition) is 0. The summed E-state index contributed by atoms with van der Waals surface area (Å²) in [4.78, 5) is 30.2. The number of thiophene rings is 1. The fraction of sp³-hybridized carbons (Fsp3) is 0.286. The minimum absolute atomic E-state index is 0.00705. The van der Waals surface area contributed by atoms with Crippen LogP contribution in [0.4, 0.5) is 0 Å². The van der Waals surface area contributed by atoms with Gasteiger partial charge in [0.1, 0.15) is 0 Å². The lowest BCUT2D eigenvalue weighted by molar-refractivity contribution is -0.133. The summed E-state index contributed by atoms with van der Waals surface area (Å²) in [5.41, 5.74) is 1.91. The van der Waals surface area contributed by atoms with Crippen LogP contribution in [0.15, 0.2) is 77.3 Å². The summed E-state index contributed by atoms with van der Waals surface area (Å²) in [6.07, 6.45) is 1.19. The van der Waals surface area contributed by atoms with Crippen LogP contribution >= 0.6 is 34.7 Å². The maximum atomic E-state index is 12.9. The summed E-state index contributed by atoms with van der Waals surface area (Å²) in [5, 5.41) is 12.3. The van der Waals surface area contributed by atoms with E-state index in [0.29, 0.717) is 31.1 Å². The largest absolute Gasteiger partial charge is 0.339 e. The molecule has 1 aliphatic rings. The first-order valence-corrected chi connectivity index (χ1v) is 14.8. The molecule has 2 amide bonds. The maximum Gasteiger partial charge on any atom is 0.264 e. The summed E-state index contributed by atoms with van der Waals surface area (Å²) in [6, 6.07) is 21.3. The molecule has 0 radical (unpaired) electrons. The Morgan fingerprint density at radius 1 is 1.03 bits per heavy atom. The van der Waals surface area contributed by atoms with Crippen molar-refractivity contribution in [2.45, 2.75) is 31.0 Å². The van der Waals surface area contributed by atoms with Crippen molar-refractivity contribution < 1.29 is 9.59 Å². The van der Waals surface area contributed by atoms with E-state index >= 15 is 0 Å². The Morgan fingerprint density at radius 2 is 1.82 bits per heavy atom. The minimum Gasteiger partial charge on any atom is -0.339 e. The Balaban J connectivity index is 1.18. The molecule has 3 heterocycles. The highest BCUT2D eigenvalue weighted by atomic mass is 35.5. The van der Waals surface area contributed by atoms with Crippen LogP contribution < -0.4 is 0 Å². The number of aromatic nitrogens is 3. The Bertz CT molecular complexity index is 1380. The lowest BCUT2D eigenvalue weighted by Gasteiger charge is -2.39. The number of hydrogen-bond acceptors (Lipinski definition) is 6. The Morgan fingerprint density at radius 3 is 2.53 bits per heavy atom. The number of halogens is 1. The van der Waals surface area contributed by atoms with Gasteiger partial charge in [-0.3, -0.25) is 14.2 Å². The minimum atomic E-state index is -0.00705. The van der Waals surface area contributed by atoms with Gasteiger partial charge in [-0.15, -0.1) is 21.5 Å². The van der Waals surface area contributed by atoms with Crippen molar-refractivity contribution in [1.82, 2.24) is 24.6 Å². The normalized spacial score (nSPS) is 15.6. The molecule has 1 saturated heterocycles. The van der Waals surface area contributed by atoms with E-state index in [1.807, 2.05) is 93.4 Å². The summed E-state index contributed by atoms with van der Waals surface area (Å²) in [6.45, 7) is 3.71. The molecule has 1 aliphatic heterocycles. The van der Waals surface area contributed by atoms with Crippen molar-refractivity contribution in [1.29, 1.82) is 0 Å². The van der Waals surface area contributed by atoms with E-state index < -0.39 is 0 Å². The highest BCUT2D eigenvalue weighted by Crippen LogP contribution is 2.29. The fourth-order valence-electron chi connectivity index (χ4n) is 4.53. The standard InChI is InChI=1S/C28H28ClN5O2S2/c1-20-19-32(15-16-33(20)27(36)24-9-5-17-37-24)25(35)10-6-18-38-28-31-30-26(21-11-13-22(29)14-12-21)34(28)23-7-3-2-4-8-23/h2-5,7-9,11-14,17,20H,6,10,15-16,18-19H2,1H3. The quantitative estimate of drug-likeness (QED) is 0.197. The van der Waals surface area contributed by atoms with Gasteiger partial charge in [0.25, 0.3) is 5.91 Å². The van der Waals surface area contributed by atoms with Gasteiger partial charge in [0.05, 0.1) is 4.88 Å². The van der Waals surface area contributed by atoms with Crippen molar-refractivity contribution in [3.63, 3.8) is 0 Å². The number of thioether (sulfide) groups is 1. The van der Waals surface area contributed by atoms with Gasteiger partial charge in [0.2, 0.25) is 5.91 Å². The molecule has 2 aromatic heterocycles. The van der Waals surface area contributed by atoms with Crippen LogP contribution in [0.5, 0.6) is 0 Å². The third kappa shape index (κ3) is 5.95. The summed E-state index contributed by atoms with van der Waals surface area (Å²) >= 11 is 9.13. The number of para-hydroxylation sites is 1. The molecule has 0 N–H and O–H groups in total. The monoisotopic (exact) mass is 565 g/mol. The van der Waals surface area contributed by atoms with Crippen molar-refractivity contribution in [3.8, 4) is 17.1 Å². The zero-order chi connectivity index (χ0) is 26.5. The van der Waals surface area contributed by atoms with Gasteiger partial charge >= 0.3 is 0 Å². The topological polar surface area (TPSA) is 71.3 Å². The highest BCUT2D eigenvalue weighted by molar-refractivity contribution is 7.99. The van der Waals surface area contributed by atoms with Crippen molar-refractivity contribution in [2.24, 2.45) is 0 Å². The van der Waals surface area contributed by atoms with Gasteiger partial charge in [-0.2, -0.15) is 0 Å². The van der Waals surface area contributed by atoms with E-state index in [-0.39, 0.29) is 17.9 Å². The van der Waals surface area contributed by atoms with Crippen molar-refractivity contribution in [2.75, 3.05) is 25.4 Å². The van der Waals surface area contributed by atoms with Crippen LogP contribution in [0.1, 0.15) is 29.4 Å². The van der Waals surface area contributed by atoms with E-state index in [9.17, 15) is 9.59 Å². The fourth-order valence-corrected chi connectivity index (χ4v) is 6.23. The van der Waals surface area contributed by atoms with E-state index in [1.54, 1.807) is 11.8 Å². The molecule has 2 aromatic carbocycles. The van der Waals surface area contributed by atoms with E-state index in [2.05, 4.69) is 10.2 Å². The second-order valence-corrected chi connectivity index (χ2v) is 11.5. The van der Waals surface area contributed by atoms with Gasteiger partial charge in [-0.25, -0.2) is 0 Å². The first-order chi connectivity index (χ1) is 18.5. The number of benzene rings is 2. The molecule has 5 rings (SSSR count). The van der Waals surface area contributed by atoms with Gasteiger partial charge in [-0.05, 0) is 61.2 Å². The van der Waals surface area contributed by atoms with Crippen LogP contribution in [0.3, 0.4) is 0 Å². The molecule has 1 unspecified atom stereocenters. The van der Waals surface area contributed by atoms with Crippen molar-refractivity contribution >= 4 is 46.5 Å². The number of carbonyl (C=O) groups excluding carboxylic acids is 2. The van der Waals surface area contributed by atoms with Gasteiger partial charge < -0.3 is 9.80 Å². The summed E-state index contributed by atoms with van der Waals surface area (Å²) < 4.78 is 2.04. The molecule has 1 fully saturated rings. The van der Waals surface area contributed by atoms with Gasteiger partial charge in [0.15, 0.2) is 11.0 Å². The second-order valence-electron chi connectivity index (χ2n) is 9.10. The molecule has 0 saturated carbocycles. The third-order valence-electron chi connectivity index (χ3n) is 6.49. The molecule has 0 bridgehead atoms. The Labute approximate surface area is 235 Å². The molecular formula is C28H28ClN5O2S2. The molecule has 38 heavy (non-hydrogen) atoms. The lowest BCUT2D eigenvalue weighted by Crippen LogP contribution is -2.55. The average Bonchev–Trinajstić information content (AvgIpc) is 3.62. The van der Waals surface area contributed by atoms with Crippen LogP contribution in [-0.4, -0.2) is 67.8 Å². The lowest BCUT2D eigenvalue weighted by atomic mass is 10.1. The zero-order valence-corrected chi connectivity index (χ0v) is 23.4. The number of nitrogens with zero attached hydrogens (tertiary/aromatic N) is 5. The molecule has 7 nitrogen and oxygen atoms in total. The smallest absolute Gasteiger partial charge is 0.264 e. The molecule has 10 heteroatoms. The Hall–Kier alpha value is -3.14. The molecular weight excluding hydrogens is 538 g/mol. The number of rotatable bonds is 8. The van der Waals surface area contributed by atoms with E-state index in [0.717, 1.165) is 39.3 Å². The number of amides is 2. The van der Waals surface area contributed by atoms with Crippen LogP contribution in [0.25, 0.3) is 17.1 Å². The molecule has 0 aliphatic carbocycles. The highest BCUT2D eigenvalue weighted by Gasteiger charge is 2.30. The van der Waals surface area contributed by atoms with Crippen LogP contribution in [0.2, 0.25) is 5.02 Å². The molecule has 0 spiro atoms. The van der Waals surface area contributed by atoms with Crippen LogP contribution in [-0.2, 0) is 4.79 Å². The number of piperazine rings is 1. The van der Waals surface area contributed by atoms with Gasteiger partial charge in [-0.1, -0.05) is 47.6 Å². The van der Waals surface area contributed by atoms with E-state index in [1.165, 1.54) is 11.3 Å². The third-order valence-corrected chi connectivity index (χ3v) is 8.61. The zero-order valence-electron chi connectivity index (χ0n) is 21.0. The first-order valence-electron chi connectivity index (χ1n) is 12.5. The maximum absolute atomic E-state index is 12.9. The summed E-state index contributed by atoms with van der Waals surface area (Å²) in [5.74, 6) is 1.67. The second kappa shape index (κ2) is 12.1. The SMILES string of the molecule is CC1CN(C(=O)CCCSc2nnc(-c3ccc(Cl)cc3)n2-c2ccccc2)CCN1C(=O)c1cccs1.